The highest BCUT2D eigenvalue weighted by Crippen LogP contribution is 2.40. The maximum Gasteiger partial charge on any atom is 0.511 e. The van der Waals surface area contributed by atoms with Crippen molar-refractivity contribution in [3.63, 3.8) is 0 Å². The number of hydrogen-bond donors (Lipinski definition) is 1. The second-order valence-corrected chi connectivity index (χ2v) is 11.6. The van der Waals surface area contributed by atoms with Gasteiger partial charge >= 0.3 is 12.1 Å². The molecule has 2 aromatic heterocycles. The number of nitrogens with zero attached hydrogens (tertiary/aromatic N) is 6. The molecule has 1 N–H and O–H groups in total. The Balaban J connectivity index is 1.22. The minimum Gasteiger partial charge on any atom is -0.435 e. The van der Waals surface area contributed by atoms with Gasteiger partial charge in [-0.2, -0.15) is 10.1 Å². The number of H-pyrrole nitrogens is 1. The third kappa shape index (κ3) is 7.06. The molecule has 1 amide bonds. The Morgan fingerprint density at radius 3 is 2.51 bits per heavy atom. The van der Waals surface area contributed by atoms with Crippen molar-refractivity contribution in [1.29, 1.82) is 0 Å². The van der Waals surface area contributed by atoms with Crippen LogP contribution < -0.4 is 4.80 Å². The van der Waals surface area contributed by atoms with Gasteiger partial charge in [-0.25, -0.2) is 19.4 Å². The minimum absolute atomic E-state index is 0.132. The summed E-state index contributed by atoms with van der Waals surface area (Å²) in [5.41, 5.74) is 4.42. The van der Waals surface area contributed by atoms with Gasteiger partial charge in [0.15, 0.2) is 5.82 Å². The molecule has 0 radical (unpaired) electrons. The lowest BCUT2D eigenvalue weighted by molar-refractivity contribution is -0.163. The molecule has 0 aliphatic heterocycles. The zero-order valence-corrected chi connectivity index (χ0v) is 25.6. The molecule has 0 spiro atoms. The van der Waals surface area contributed by atoms with Crippen molar-refractivity contribution in [2.45, 2.75) is 64.7 Å². The van der Waals surface area contributed by atoms with Crippen molar-refractivity contribution in [2.24, 2.45) is 4.99 Å². The van der Waals surface area contributed by atoms with Gasteiger partial charge in [0.25, 0.3) is 5.91 Å². The van der Waals surface area contributed by atoms with E-state index in [9.17, 15) is 14.4 Å². The number of ether oxygens (including phenoxy) is 3. The smallest absolute Gasteiger partial charge is 0.435 e. The first-order chi connectivity index (χ1) is 21.9. The highest BCUT2D eigenvalue weighted by Gasteiger charge is 2.30. The molecule has 13 nitrogen and oxygen atoms in total. The molecule has 2 aliphatic rings. The molecule has 2 aromatic carbocycles. The first kappa shape index (κ1) is 30.1. The fourth-order valence-corrected chi connectivity index (χ4v) is 6.15. The summed E-state index contributed by atoms with van der Waals surface area (Å²) in [6, 6.07) is 16.0. The number of esters is 1. The molecule has 232 valence electrons. The van der Waals surface area contributed by atoms with Gasteiger partial charge in [0, 0.05) is 29.6 Å². The Morgan fingerprint density at radius 1 is 1.04 bits per heavy atom. The monoisotopic (exact) mass is 629 g/mol. The molecule has 2 heterocycles. The molecular weight excluding hydrogens is 598 g/mol. The lowest BCUT2D eigenvalue weighted by atomic mass is 9.98. The van der Waals surface area contributed by atoms with E-state index in [2.05, 4.69) is 25.6 Å². The van der Waals surface area contributed by atoms with Gasteiger partial charge in [0.1, 0.15) is 5.01 Å². The van der Waals surface area contributed by atoms with E-state index in [1.807, 2.05) is 48.5 Å². The highest BCUT2D eigenvalue weighted by atomic mass is 32.1. The van der Waals surface area contributed by atoms with Gasteiger partial charge < -0.3 is 14.2 Å². The van der Waals surface area contributed by atoms with Crippen LogP contribution in [0.3, 0.4) is 0 Å². The Kier molecular flexibility index (Phi) is 8.91. The number of amides is 1. The Hall–Kier alpha value is -4.98. The summed E-state index contributed by atoms with van der Waals surface area (Å²) in [7, 11) is 0. The normalized spacial score (nSPS) is 15.6. The number of rotatable bonds is 10. The van der Waals surface area contributed by atoms with Crippen LogP contribution in [0.1, 0.15) is 62.4 Å². The molecule has 1 unspecified atom stereocenters. The van der Waals surface area contributed by atoms with E-state index < -0.39 is 24.3 Å². The van der Waals surface area contributed by atoms with E-state index in [0.29, 0.717) is 47.9 Å². The fraction of sp³-hybridized carbons (Fsp3) is 0.355. The van der Waals surface area contributed by atoms with Crippen molar-refractivity contribution in [3.8, 4) is 22.5 Å². The standard InChI is InChI=1S/C31H31N7O6S/c1-3-42-31(41)44-18(2)43-29(40)25-10-6-9-24(25)27(39)32-30-38(35-28(45-30)21-15-16-21)17-19-11-13-20(14-12-19)22-7-4-5-8-23(22)26-33-36-37-34-26/h4-5,7-8,11-14,18,21H,3,6,9-10,15-17H2,1-2H3,(H,33,34,36,37). The van der Waals surface area contributed by atoms with Gasteiger partial charge in [-0.3, -0.25) is 4.79 Å². The van der Waals surface area contributed by atoms with E-state index in [1.165, 1.54) is 18.3 Å². The summed E-state index contributed by atoms with van der Waals surface area (Å²) in [6.45, 7) is 3.60. The Morgan fingerprint density at radius 2 is 1.80 bits per heavy atom. The van der Waals surface area contributed by atoms with E-state index in [0.717, 1.165) is 40.1 Å². The second kappa shape index (κ2) is 13.3. The summed E-state index contributed by atoms with van der Waals surface area (Å²) in [4.78, 5) is 42.8. The largest absolute Gasteiger partial charge is 0.511 e. The number of hydrogen-bond acceptors (Lipinski definition) is 11. The summed E-state index contributed by atoms with van der Waals surface area (Å²) < 4.78 is 16.6. The van der Waals surface area contributed by atoms with Gasteiger partial charge in [-0.1, -0.05) is 59.9 Å². The summed E-state index contributed by atoms with van der Waals surface area (Å²) >= 11 is 1.40. The zero-order valence-electron chi connectivity index (χ0n) is 24.8. The van der Waals surface area contributed by atoms with Crippen LogP contribution in [-0.4, -0.2) is 61.3 Å². The van der Waals surface area contributed by atoms with Crippen molar-refractivity contribution in [3.05, 3.63) is 75.0 Å². The number of tetrazole rings is 1. The maximum absolute atomic E-state index is 13.4. The van der Waals surface area contributed by atoms with E-state index in [-0.39, 0.29) is 12.2 Å². The lowest BCUT2D eigenvalue weighted by Crippen LogP contribution is -2.24. The third-order valence-electron chi connectivity index (χ3n) is 7.40. The van der Waals surface area contributed by atoms with Crippen molar-refractivity contribution < 1.29 is 28.6 Å². The van der Waals surface area contributed by atoms with E-state index in [1.54, 1.807) is 11.6 Å². The molecule has 2 aliphatic carbocycles. The summed E-state index contributed by atoms with van der Waals surface area (Å²) in [6.07, 6.45) is 1.41. The minimum atomic E-state index is -1.17. The number of aromatic nitrogens is 6. The van der Waals surface area contributed by atoms with Gasteiger partial charge in [-0.15, -0.1) is 5.10 Å². The third-order valence-corrected chi connectivity index (χ3v) is 8.51. The lowest BCUT2D eigenvalue weighted by Gasteiger charge is -2.14. The summed E-state index contributed by atoms with van der Waals surface area (Å²) in [5, 5.41) is 20.0. The molecule has 1 saturated carbocycles. The van der Waals surface area contributed by atoms with Crippen LogP contribution in [0.25, 0.3) is 22.5 Å². The fourth-order valence-electron chi connectivity index (χ4n) is 5.08. The van der Waals surface area contributed by atoms with Crippen LogP contribution in [0.5, 0.6) is 0 Å². The predicted octanol–water partition coefficient (Wildman–Crippen LogP) is 4.69. The number of nitrogens with one attached hydrogen (secondary N) is 1. The first-order valence-electron chi connectivity index (χ1n) is 14.7. The maximum atomic E-state index is 13.4. The molecule has 45 heavy (non-hydrogen) atoms. The average molecular weight is 630 g/mol. The van der Waals surface area contributed by atoms with Crippen LogP contribution in [0.2, 0.25) is 0 Å². The molecule has 1 fully saturated rings. The molecule has 6 rings (SSSR count). The van der Waals surface area contributed by atoms with Crippen LogP contribution in [0, 0.1) is 0 Å². The number of benzene rings is 2. The van der Waals surface area contributed by atoms with E-state index >= 15 is 0 Å². The van der Waals surface area contributed by atoms with Crippen molar-refractivity contribution in [2.75, 3.05) is 6.61 Å². The number of aromatic amines is 1. The molecule has 0 bridgehead atoms. The Labute approximate surface area is 261 Å². The second-order valence-electron chi connectivity index (χ2n) is 10.6. The number of carbonyl (C=O) groups is 3. The van der Waals surface area contributed by atoms with Crippen LogP contribution in [-0.2, 0) is 30.3 Å². The van der Waals surface area contributed by atoms with Crippen molar-refractivity contribution >= 4 is 29.4 Å². The Bertz CT molecular complexity index is 1810. The molecule has 14 heteroatoms. The summed E-state index contributed by atoms with van der Waals surface area (Å²) in [5.74, 6) is -0.238. The number of carbonyl (C=O) groups excluding carboxylic acids is 3. The SMILES string of the molecule is CCOC(=O)OC(C)OC(=O)C1=C(C(=O)N=c2sc(C3CC3)nn2Cc2ccc(-c3ccccc3-c3nnn[nH]3)cc2)CCC1. The van der Waals surface area contributed by atoms with Gasteiger partial charge in [-0.05, 0) is 66.1 Å². The molecular formula is C31H31N7O6S. The average Bonchev–Trinajstić information content (AvgIpc) is 3.38. The molecule has 1 atom stereocenters. The zero-order chi connectivity index (χ0) is 31.3. The van der Waals surface area contributed by atoms with Gasteiger partial charge in [0.05, 0.1) is 13.2 Å². The van der Waals surface area contributed by atoms with Crippen LogP contribution in [0.4, 0.5) is 4.79 Å². The van der Waals surface area contributed by atoms with Crippen LogP contribution >= 0.6 is 11.3 Å². The molecule has 4 aromatic rings. The highest BCUT2D eigenvalue weighted by molar-refractivity contribution is 7.09. The predicted molar refractivity (Wildman–Crippen MR) is 161 cm³/mol. The van der Waals surface area contributed by atoms with E-state index in [4.69, 9.17) is 19.3 Å². The van der Waals surface area contributed by atoms with Gasteiger partial charge in [0.2, 0.25) is 11.1 Å². The molecule has 0 saturated heterocycles. The first-order valence-corrected chi connectivity index (χ1v) is 15.6. The van der Waals surface area contributed by atoms with Crippen molar-refractivity contribution in [1.82, 2.24) is 30.4 Å². The quantitative estimate of drug-likeness (QED) is 0.192. The van der Waals surface area contributed by atoms with Crippen LogP contribution in [0.15, 0.2) is 64.7 Å². The topological polar surface area (TPSA) is 164 Å².